The van der Waals surface area contributed by atoms with Crippen molar-refractivity contribution in [2.75, 3.05) is 6.61 Å². The van der Waals surface area contributed by atoms with E-state index in [9.17, 15) is 9.59 Å². The first-order valence-corrected chi connectivity index (χ1v) is 9.20. The van der Waals surface area contributed by atoms with Gasteiger partial charge in [-0.1, -0.05) is 33.8 Å². The Morgan fingerprint density at radius 1 is 1.16 bits per heavy atom. The molecule has 0 saturated carbocycles. The maximum Gasteiger partial charge on any atom is 0.276 e. The van der Waals surface area contributed by atoms with E-state index in [1.54, 1.807) is 0 Å². The number of carbonyl (C=O) groups is 2. The highest BCUT2D eigenvalue weighted by atomic mass is 79.9. The van der Waals surface area contributed by atoms with Gasteiger partial charge in [0, 0.05) is 6.42 Å². The predicted octanol–water partition coefficient (Wildman–Crippen LogP) is 3.02. The number of carbonyl (C=O) groups excluding carboxylic acids is 2. The van der Waals surface area contributed by atoms with Crippen molar-refractivity contribution in [3.05, 3.63) is 28.2 Å². The van der Waals surface area contributed by atoms with Gasteiger partial charge in [0.1, 0.15) is 5.75 Å². The number of amides is 2. The van der Waals surface area contributed by atoms with Gasteiger partial charge < -0.3 is 10.1 Å². The van der Waals surface area contributed by atoms with E-state index in [0.717, 1.165) is 4.47 Å². The van der Waals surface area contributed by atoms with Crippen LogP contribution in [0.25, 0.3) is 0 Å². The van der Waals surface area contributed by atoms with Crippen LogP contribution in [-0.2, 0) is 9.59 Å². The molecule has 0 atom stereocenters. The molecule has 0 fully saturated rings. The normalized spacial score (nSPS) is 10.5. The summed E-state index contributed by atoms with van der Waals surface area (Å²) in [7, 11) is 0. The number of nitrogens with one attached hydrogen (secondary N) is 3. The smallest absolute Gasteiger partial charge is 0.276 e. The monoisotopic (exact) mass is 429 g/mol. The lowest BCUT2D eigenvalue weighted by Gasteiger charge is -2.13. The average molecular weight is 430 g/mol. The molecule has 0 aliphatic heterocycles. The summed E-state index contributed by atoms with van der Waals surface area (Å²) in [5, 5.41) is 2.53. The Morgan fingerprint density at radius 2 is 1.84 bits per heavy atom. The quantitative estimate of drug-likeness (QED) is 0.478. The molecule has 1 aromatic rings. The van der Waals surface area contributed by atoms with Crippen LogP contribution < -0.4 is 20.9 Å². The summed E-state index contributed by atoms with van der Waals surface area (Å²) in [6, 6.07) is 5.74. The fraction of sp³-hybridized carbons (Fsp3) is 0.471. The molecule has 0 aliphatic carbocycles. The Balaban J connectivity index is 2.38. The summed E-state index contributed by atoms with van der Waals surface area (Å²) in [5.41, 5.74) is 6.02. The number of hydrazine groups is 1. The van der Waals surface area contributed by atoms with Crippen LogP contribution in [0, 0.1) is 5.92 Å². The summed E-state index contributed by atoms with van der Waals surface area (Å²) in [5.74, 6) is 0.593. The molecule has 1 rings (SSSR count). The Kier molecular flexibility index (Phi) is 8.85. The largest absolute Gasteiger partial charge is 0.483 e. The number of ether oxygens (including phenoxy) is 1. The lowest BCUT2D eigenvalue weighted by atomic mass is 10.0. The van der Waals surface area contributed by atoms with E-state index >= 15 is 0 Å². The van der Waals surface area contributed by atoms with E-state index < -0.39 is 5.91 Å². The standard InChI is InChI=1S/C17H24BrN3O3S/c1-10(2)7-15(22)19-17(25)21-20-16(23)9-24-14-6-5-12(11(3)4)8-13(14)18/h5-6,8,10-11H,7,9H2,1-4H3,(H,20,23)(H2,19,21,22,25). The van der Waals surface area contributed by atoms with E-state index in [-0.39, 0.29) is 23.5 Å². The molecule has 0 radical (unpaired) electrons. The molecule has 0 spiro atoms. The Bertz CT molecular complexity index is 636. The van der Waals surface area contributed by atoms with Crippen LogP contribution in [0.2, 0.25) is 0 Å². The highest BCUT2D eigenvalue weighted by molar-refractivity contribution is 9.10. The summed E-state index contributed by atoms with van der Waals surface area (Å²) in [6.45, 7) is 7.88. The minimum atomic E-state index is -0.416. The number of hydrogen-bond donors (Lipinski definition) is 3. The van der Waals surface area contributed by atoms with Gasteiger partial charge in [0.25, 0.3) is 5.91 Å². The Labute approximate surface area is 162 Å². The third-order valence-corrected chi connectivity index (χ3v) is 3.97. The van der Waals surface area contributed by atoms with Gasteiger partial charge in [-0.25, -0.2) is 0 Å². The fourth-order valence-corrected chi connectivity index (χ4v) is 2.55. The molecule has 2 amide bonds. The zero-order valence-corrected chi connectivity index (χ0v) is 17.2. The molecule has 0 saturated heterocycles. The second-order valence-electron chi connectivity index (χ2n) is 6.28. The van der Waals surface area contributed by atoms with E-state index in [1.807, 2.05) is 32.0 Å². The van der Waals surface area contributed by atoms with Gasteiger partial charge in [0.15, 0.2) is 11.7 Å². The van der Waals surface area contributed by atoms with E-state index in [4.69, 9.17) is 17.0 Å². The minimum absolute atomic E-state index is 0.0430. The first-order chi connectivity index (χ1) is 11.7. The summed E-state index contributed by atoms with van der Waals surface area (Å²) < 4.78 is 6.26. The Hall–Kier alpha value is -1.67. The van der Waals surface area contributed by atoms with Crippen molar-refractivity contribution in [2.45, 2.75) is 40.0 Å². The molecule has 0 bridgehead atoms. The fourth-order valence-electron chi connectivity index (χ4n) is 1.88. The van der Waals surface area contributed by atoms with Crippen LogP contribution in [0.5, 0.6) is 5.75 Å². The predicted molar refractivity (Wildman–Crippen MR) is 105 cm³/mol. The van der Waals surface area contributed by atoms with Crippen molar-refractivity contribution in [3.63, 3.8) is 0 Å². The third-order valence-electron chi connectivity index (χ3n) is 3.14. The van der Waals surface area contributed by atoms with Crippen molar-refractivity contribution in [1.29, 1.82) is 0 Å². The van der Waals surface area contributed by atoms with Gasteiger partial charge in [-0.15, -0.1) is 0 Å². The highest BCUT2D eigenvalue weighted by Gasteiger charge is 2.10. The van der Waals surface area contributed by atoms with Gasteiger partial charge in [-0.05, 0) is 57.7 Å². The lowest BCUT2D eigenvalue weighted by molar-refractivity contribution is -0.124. The molecule has 138 valence electrons. The summed E-state index contributed by atoms with van der Waals surface area (Å²) in [6.07, 6.45) is 0.360. The van der Waals surface area contributed by atoms with E-state index in [1.165, 1.54) is 5.56 Å². The molecule has 0 aromatic heterocycles. The van der Waals surface area contributed by atoms with Gasteiger partial charge in [0.05, 0.1) is 4.47 Å². The van der Waals surface area contributed by atoms with Crippen LogP contribution in [0.15, 0.2) is 22.7 Å². The topological polar surface area (TPSA) is 79.5 Å². The van der Waals surface area contributed by atoms with Crippen LogP contribution in [0.1, 0.15) is 45.6 Å². The molecule has 1 aromatic carbocycles. The van der Waals surface area contributed by atoms with Crippen LogP contribution in [0.4, 0.5) is 0 Å². The van der Waals surface area contributed by atoms with Crippen LogP contribution in [0.3, 0.4) is 0 Å². The minimum Gasteiger partial charge on any atom is -0.483 e. The van der Waals surface area contributed by atoms with Gasteiger partial charge in [0.2, 0.25) is 5.91 Å². The molecule has 3 N–H and O–H groups in total. The third kappa shape index (κ3) is 8.31. The number of hydrogen-bond acceptors (Lipinski definition) is 4. The highest BCUT2D eigenvalue weighted by Crippen LogP contribution is 2.28. The van der Waals surface area contributed by atoms with Crippen molar-refractivity contribution in [1.82, 2.24) is 16.2 Å². The molecular weight excluding hydrogens is 406 g/mol. The summed E-state index contributed by atoms with van der Waals surface area (Å²) >= 11 is 8.37. The Morgan fingerprint density at radius 3 is 2.40 bits per heavy atom. The van der Waals surface area contributed by atoms with Crippen LogP contribution in [-0.4, -0.2) is 23.5 Å². The first kappa shape index (κ1) is 21.4. The SMILES string of the molecule is CC(C)CC(=O)NC(=S)NNC(=O)COc1ccc(C(C)C)cc1Br. The average Bonchev–Trinajstić information content (AvgIpc) is 2.50. The van der Waals surface area contributed by atoms with E-state index in [2.05, 4.69) is 45.9 Å². The van der Waals surface area contributed by atoms with E-state index in [0.29, 0.717) is 18.1 Å². The first-order valence-electron chi connectivity index (χ1n) is 8.00. The maximum absolute atomic E-state index is 11.8. The van der Waals surface area contributed by atoms with Crippen molar-refractivity contribution < 1.29 is 14.3 Å². The van der Waals surface area contributed by atoms with Crippen molar-refractivity contribution >= 4 is 45.1 Å². The second-order valence-corrected chi connectivity index (χ2v) is 7.54. The van der Waals surface area contributed by atoms with Crippen molar-refractivity contribution in [3.8, 4) is 5.75 Å². The zero-order chi connectivity index (χ0) is 19.0. The molecular formula is C17H24BrN3O3S. The molecule has 8 heteroatoms. The number of benzene rings is 1. The van der Waals surface area contributed by atoms with Gasteiger partial charge in [-0.2, -0.15) is 0 Å². The zero-order valence-electron chi connectivity index (χ0n) is 14.8. The van der Waals surface area contributed by atoms with Crippen LogP contribution >= 0.6 is 28.1 Å². The van der Waals surface area contributed by atoms with Gasteiger partial charge in [-0.3, -0.25) is 20.4 Å². The molecule has 6 nitrogen and oxygen atoms in total. The lowest BCUT2D eigenvalue weighted by Crippen LogP contribution is -2.49. The molecule has 0 unspecified atom stereocenters. The molecule has 0 heterocycles. The molecule has 25 heavy (non-hydrogen) atoms. The van der Waals surface area contributed by atoms with Crippen molar-refractivity contribution in [2.24, 2.45) is 5.92 Å². The number of thiocarbonyl (C=S) groups is 1. The summed E-state index contributed by atoms with van der Waals surface area (Å²) in [4.78, 5) is 23.3. The number of halogens is 1. The molecule has 0 aliphatic rings. The second kappa shape index (κ2) is 10.4. The number of rotatable bonds is 6. The maximum atomic E-state index is 11.8. The van der Waals surface area contributed by atoms with Gasteiger partial charge >= 0.3 is 0 Å².